The summed E-state index contributed by atoms with van der Waals surface area (Å²) in [6, 6.07) is 0.349. The van der Waals surface area contributed by atoms with Crippen LogP contribution >= 0.6 is 0 Å². The molecule has 0 bridgehead atoms. The highest BCUT2D eigenvalue weighted by molar-refractivity contribution is 5.80. The molecule has 0 aromatic rings. The van der Waals surface area contributed by atoms with E-state index in [0.29, 0.717) is 30.2 Å². The van der Waals surface area contributed by atoms with Gasteiger partial charge in [0.2, 0.25) is 11.8 Å². The van der Waals surface area contributed by atoms with E-state index in [1.807, 2.05) is 21.0 Å². The molecule has 6 nitrogen and oxygen atoms in total. The van der Waals surface area contributed by atoms with Crippen molar-refractivity contribution < 1.29 is 9.59 Å². The Bertz CT molecular complexity index is 678. The zero-order valence-corrected chi connectivity index (χ0v) is 18.9. The van der Waals surface area contributed by atoms with Gasteiger partial charge in [0.25, 0.3) is 0 Å². The van der Waals surface area contributed by atoms with E-state index < -0.39 is 5.79 Å². The summed E-state index contributed by atoms with van der Waals surface area (Å²) < 4.78 is 0. The van der Waals surface area contributed by atoms with Crippen LogP contribution in [0.15, 0.2) is 0 Å². The number of amides is 2. The number of carbonyl (C=O) groups excluding carboxylic acids is 2. The number of fused-ring (bicyclic) bond motifs is 5. The molecule has 29 heavy (non-hydrogen) atoms. The van der Waals surface area contributed by atoms with Crippen molar-refractivity contribution in [2.24, 2.45) is 34.5 Å². The Morgan fingerprint density at radius 1 is 1.00 bits per heavy atom. The summed E-state index contributed by atoms with van der Waals surface area (Å²) in [5, 5.41) is 12.9. The lowest BCUT2D eigenvalue weighted by Gasteiger charge is -2.60. The summed E-state index contributed by atoms with van der Waals surface area (Å²) in [6.07, 6.45) is 8.49. The summed E-state index contributed by atoms with van der Waals surface area (Å²) >= 11 is 0. The first-order valence-corrected chi connectivity index (χ1v) is 11.7. The van der Waals surface area contributed by atoms with Crippen molar-refractivity contribution in [3.8, 4) is 0 Å². The van der Waals surface area contributed by atoms with Gasteiger partial charge >= 0.3 is 0 Å². The lowest BCUT2D eigenvalue weighted by Crippen LogP contribution is -2.65. The number of rotatable bonds is 4. The molecule has 164 valence electrons. The third kappa shape index (κ3) is 3.21. The molecule has 0 aromatic carbocycles. The van der Waals surface area contributed by atoms with Gasteiger partial charge in [0.1, 0.15) is 5.79 Å². The standard InChI is InChI=1S/C23H40N4O2/c1-21-12-10-16-14(6-9-18-22(16,2)13-11-19(28)26-18)15(21)7-8-17(21)20(29)27-23(3,24-4)25-5/h14-18,24-25H,6-13H2,1-5H3,(H,26,28)(H,27,29)/t14-,15-,16+,17?,18?,21-,22+/m0/s1. The molecule has 6 heteroatoms. The van der Waals surface area contributed by atoms with E-state index in [-0.39, 0.29) is 28.6 Å². The molecule has 4 rings (SSSR count). The minimum absolute atomic E-state index is 0.0889. The average Bonchev–Trinajstić information content (AvgIpc) is 3.05. The van der Waals surface area contributed by atoms with Crippen molar-refractivity contribution in [1.82, 2.24) is 21.3 Å². The van der Waals surface area contributed by atoms with Gasteiger partial charge in [0.15, 0.2) is 0 Å². The fourth-order valence-corrected chi connectivity index (χ4v) is 7.72. The van der Waals surface area contributed by atoms with Crippen LogP contribution in [0.2, 0.25) is 0 Å². The summed E-state index contributed by atoms with van der Waals surface area (Å²) in [4.78, 5) is 25.3. The number of carbonyl (C=O) groups is 2. The minimum Gasteiger partial charge on any atom is -0.353 e. The van der Waals surface area contributed by atoms with Gasteiger partial charge in [-0.1, -0.05) is 13.8 Å². The van der Waals surface area contributed by atoms with Crippen molar-refractivity contribution in [2.45, 2.75) is 84.0 Å². The summed E-state index contributed by atoms with van der Waals surface area (Å²) in [5.41, 5.74) is 0.324. The first kappa shape index (κ1) is 21.1. The van der Waals surface area contributed by atoms with Crippen molar-refractivity contribution in [3.05, 3.63) is 0 Å². The monoisotopic (exact) mass is 404 g/mol. The van der Waals surface area contributed by atoms with Crippen molar-refractivity contribution in [2.75, 3.05) is 14.1 Å². The molecule has 1 heterocycles. The van der Waals surface area contributed by atoms with E-state index in [4.69, 9.17) is 0 Å². The maximum absolute atomic E-state index is 13.3. The van der Waals surface area contributed by atoms with Crippen LogP contribution in [0.25, 0.3) is 0 Å². The molecule has 2 unspecified atom stereocenters. The summed E-state index contributed by atoms with van der Waals surface area (Å²) in [6.45, 7) is 6.79. The Morgan fingerprint density at radius 2 is 1.69 bits per heavy atom. The van der Waals surface area contributed by atoms with Crippen LogP contribution in [0.4, 0.5) is 0 Å². The first-order valence-electron chi connectivity index (χ1n) is 11.7. The van der Waals surface area contributed by atoms with Gasteiger partial charge in [-0.05, 0) is 94.5 Å². The highest BCUT2D eigenvalue weighted by Gasteiger charge is 2.61. The Labute approximate surface area is 175 Å². The number of hydrogen-bond acceptors (Lipinski definition) is 4. The predicted molar refractivity (Wildman–Crippen MR) is 114 cm³/mol. The van der Waals surface area contributed by atoms with E-state index >= 15 is 0 Å². The topological polar surface area (TPSA) is 82.3 Å². The normalized spacial score (nSPS) is 44.3. The lowest BCUT2D eigenvalue weighted by molar-refractivity contribution is -0.142. The number of hydrogen-bond donors (Lipinski definition) is 4. The largest absolute Gasteiger partial charge is 0.353 e. The Hall–Kier alpha value is -1.14. The fourth-order valence-electron chi connectivity index (χ4n) is 7.72. The number of nitrogens with one attached hydrogen (secondary N) is 4. The van der Waals surface area contributed by atoms with Gasteiger partial charge in [-0.15, -0.1) is 0 Å². The first-order chi connectivity index (χ1) is 13.7. The maximum Gasteiger partial charge on any atom is 0.226 e. The van der Waals surface area contributed by atoms with Crippen molar-refractivity contribution in [3.63, 3.8) is 0 Å². The molecule has 3 saturated carbocycles. The van der Waals surface area contributed by atoms with Gasteiger partial charge in [-0.25, -0.2) is 0 Å². The van der Waals surface area contributed by atoms with Crippen LogP contribution in [0.3, 0.4) is 0 Å². The zero-order chi connectivity index (χ0) is 21.0. The highest BCUT2D eigenvalue weighted by Crippen LogP contribution is 2.65. The summed E-state index contributed by atoms with van der Waals surface area (Å²) in [7, 11) is 3.73. The molecule has 7 atom stereocenters. The zero-order valence-electron chi connectivity index (χ0n) is 18.9. The lowest BCUT2D eigenvalue weighted by atomic mass is 9.47. The smallest absolute Gasteiger partial charge is 0.226 e. The molecule has 4 fully saturated rings. The van der Waals surface area contributed by atoms with Gasteiger partial charge in [0.05, 0.1) is 0 Å². The van der Waals surface area contributed by atoms with Crippen LogP contribution < -0.4 is 21.3 Å². The van der Waals surface area contributed by atoms with Gasteiger partial charge < -0.3 is 10.6 Å². The fraction of sp³-hybridized carbons (Fsp3) is 0.913. The van der Waals surface area contributed by atoms with Gasteiger partial charge in [-0.2, -0.15) is 0 Å². The van der Waals surface area contributed by atoms with Gasteiger partial charge in [0, 0.05) is 18.4 Å². The Morgan fingerprint density at radius 3 is 2.38 bits per heavy atom. The van der Waals surface area contributed by atoms with Crippen LogP contribution in [0, 0.1) is 34.5 Å². The van der Waals surface area contributed by atoms with Crippen molar-refractivity contribution >= 4 is 11.8 Å². The van der Waals surface area contributed by atoms with Crippen LogP contribution in [-0.4, -0.2) is 37.7 Å². The van der Waals surface area contributed by atoms with Crippen LogP contribution in [0.1, 0.15) is 72.1 Å². The molecule has 0 radical (unpaired) electrons. The quantitative estimate of drug-likeness (QED) is 0.542. The highest BCUT2D eigenvalue weighted by atomic mass is 16.2. The van der Waals surface area contributed by atoms with E-state index in [0.717, 1.165) is 25.7 Å². The van der Waals surface area contributed by atoms with E-state index in [1.54, 1.807) is 0 Å². The Kier molecular flexibility index (Phi) is 5.26. The maximum atomic E-state index is 13.3. The molecule has 3 aliphatic carbocycles. The van der Waals surface area contributed by atoms with Crippen LogP contribution in [-0.2, 0) is 9.59 Å². The molecular formula is C23H40N4O2. The van der Waals surface area contributed by atoms with E-state index in [9.17, 15) is 9.59 Å². The predicted octanol–water partition coefficient (Wildman–Crippen LogP) is 2.35. The molecule has 0 spiro atoms. The van der Waals surface area contributed by atoms with Crippen molar-refractivity contribution in [1.29, 1.82) is 0 Å². The number of piperidine rings is 1. The molecule has 1 saturated heterocycles. The van der Waals surface area contributed by atoms with Gasteiger partial charge in [-0.3, -0.25) is 20.2 Å². The van der Waals surface area contributed by atoms with E-state index in [1.165, 1.54) is 19.3 Å². The molecule has 2 amide bonds. The molecule has 4 N–H and O–H groups in total. The summed E-state index contributed by atoms with van der Waals surface area (Å²) in [5.74, 6) is 1.94. The SMILES string of the molecule is CNC(C)(NC)NC(=O)C1CC[C@H]2[C@@H]3CCC4NC(=O)CC[C@]4(C)[C@@H]3CC[C@]12C. The molecule has 4 aliphatic rings. The third-order valence-corrected chi connectivity index (χ3v) is 9.78. The Balaban J connectivity index is 1.53. The second-order valence-corrected chi connectivity index (χ2v) is 10.9. The molecule has 1 aliphatic heterocycles. The average molecular weight is 405 g/mol. The third-order valence-electron chi connectivity index (χ3n) is 9.78. The second kappa shape index (κ2) is 7.23. The molecule has 0 aromatic heterocycles. The van der Waals surface area contributed by atoms with Crippen LogP contribution in [0.5, 0.6) is 0 Å². The minimum atomic E-state index is -0.575. The molecular weight excluding hydrogens is 364 g/mol. The second-order valence-electron chi connectivity index (χ2n) is 10.9. The van der Waals surface area contributed by atoms with E-state index in [2.05, 4.69) is 35.1 Å².